The smallest absolute Gasteiger partial charge is 0.416 e. The highest BCUT2D eigenvalue weighted by atomic mass is 19.4. The Morgan fingerprint density at radius 3 is 2.32 bits per heavy atom. The Balaban J connectivity index is 2.36. The number of hydrogen-bond donors (Lipinski definition) is 2. The van der Waals surface area contributed by atoms with Gasteiger partial charge in [0, 0.05) is 11.3 Å². The summed E-state index contributed by atoms with van der Waals surface area (Å²) in [7, 11) is 0. The lowest BCUT2D eigenvalue weighted by atomic mass is 10.2. The predicted octanol–water partition coefficient (Wildman–Crippen LogP) is 2.95. The number of halogens is 3. The molecule has 0 aliphatic rings. The quantitative estimate of drug-likeness (QED) is 0.498. The predicted molar refractivity (Wildman–Crippen MR) is 74.2 cm³/mol. The fraction of sp³-hybridized carbons (Fsp3) is 0.286. The van der Waals surface area contributed by atoms with E-state index in [9.17, 15) is 22.8 Å². The molecule has 0 fully saturated rings. The molecular weight excluding hydrogens is 301 g/mol. The van der Waals surface area contributed by atoms with Crippen molar-refractivity contribution in [3.05, 3.63) is 42.0 Å². The number of ether oxygens (including phenoxy) is 1. The molecule has 0 radical (unpaired) electrons. The molecule has 2 amide bonds. The van der Waals surface area contributed by atoms with Crippen LogP contribution in [-0.4, -0.2) is 25.2 Å². The first-order valence-electron chi connectivity index (χ1n) is 6.25. The summed E-state index contributed by atoms with van der Waals surface area (Å²) in [6.07, 6.45) is -4.42. The number of nitrogens with one attached hydrogen (secondary N) is 2. The van der Waals surface area contributed by atoms with E-state index < -0.39 is 23.7 Å². The van der Waals surface area contributed by atoms with Crippen molar-refractivity contribution in [3.63, 3.8) is 0 Å². The van der Waals surface area contributed by atoms with Gasteiger partial charge in [0.1, 0.15) is 6.61 Å². The summed E-state index contributed by atoms with van der Waals surface area (Å²) in [6.45, 7) is 4.91. The highest BCUT2D eigenvalue weighted by molar-refractivity contribution is 5.89. The zero-order chi connectivity index (χ0) is 16.8. The summed E-state index contributed by atoms with van der Waals surface area (Å²) in [5, 5.41) is 4.75. The van der Waals surface area contributed by atoms with Gasteiger partial charge in [0.25, 0.3) is 0 Å². The second kappa shape index (κ2) is 7.48. The van der Waals surface area contributed by atoms with Crippen LogP contribution in [0.25, 0.3) is 0 Å². The number of esters is 1. The number of anilines is 1. The maximum atomic E-state index is 12.4. The van der Waals surface area contributed by atoms with Crippen LogP contribution in [-0.2, 0) is 15.7 Å². The van der Waals surface area contributed by atoms with E-state index in [0.717, 1.165) is 24.3 Å². The molecule has 0 heterocycles. The van der Waals surface area contributed by atoms with Crippen LogP contribution in [0.3, 0.4) is 0 Å². The van der Waals surface area contributed by atoms with Crippen LogP contribution in [0.1, 0.15) is 12.5 Å². The zero-order valence-corrected chi connectivity index (χ0v) is 11.8. The van der Waals surface area contributed by atoms with Crippen molar-refractivity contribution < 1.29 is 27.5 Å². The summed E-state index contributed by atoms with van der Waals surface area (Å²) in [4.78, 5) is 22.5. The Morgan fingerprint density at radius 2 is 1.82 bits per heavy atom. The first-order chi connectivity index (χ1) is 10.2. The molecule has 5 nitrogen and oxygen atoms in total. The molecule has 1 rings (SSSR count). The molecule has 2 N–H and O–H groups in total. The third-order valence-corrected chi connectivity index (χ3v) is 2.44. The lowest BCUT2D eigenvalue weighted by Crippen LogP contribution is -2.32. The van der Waals surface area contributed by atoms with Gasteiger partial charge < -0.3 is 15.4 Å². The van der Waals surface area contributed by atoms with Gasteiger partial charge in [0.15, 0.2) is 0 Å². The maximum absolute atomic E-state index is 12.4. The minimum absolute atomic E-state index is 0.0356. The van der Waals surface area contributed by atoms with Gasteiger partial charge in [-0.3, -0.25) is 0 Å². The van der Waals surface area contributed by atoms with Gasteiger partial charge in [0.2, 0.25) is 0 Å². The zero-order valence-electron chi connectivity index (χ0n) is 11.8. The summed E-state index contributed by atoms with van der Waals surface area (Å²) in [5.74, 6) is -0.565. The first-order valence-corrected chi connectivity index (χ1v) is 6.25. The summed E-state index contributed by atoms with van der Waals surface area (Å²) in [6, 6.07) is 3.40. The minimum Gasteiger partial charge on any atom is -0.460 e. The average Bonchev–Trinajstić information content (AvgIpc) is 2.42. The van der Waals surface area contributed by atoms with Crippen LogP contribution < -0.4 is 10.6 Å². The molecule has 0 saturated carbocycles. The van der Waals surface area contributed by atoms with Crippen LogP contribution >= 0.6 is 0 Å². The SMILES string of the molecule is C=C(C)C(=O)OCCNC(=O)Nc1ccc(C(F)(F)F)cc1. The average molecular weight is 316 g/mol. The lowest BCUT2D eigenvalue weighted by molar-refractivity contribution is -0.139. The van der Waals surface area contributed by atoms with Gasteiger partial charge in [-0.05, 0) is 31.2 Å². The monoisotopic (exact) mass is 316 g/mol. The molecule has 1 aromatic rings. The molecule has 0 aromatic heterocycles. The Bertz CT molecular complexity index is 553. The van der Waals surface area contributed by atoms with E-state index in [1.165, 1.54) is 6.92 Å². The first kappa shape index (κ1) is 17.5. The fourth-order valence-corrected chi connectivity index (χ4v) is 1.35. The molecule has 0 saturated heterocycles. The molecule has 22 heavy (non-hydrogen) atoms. The molecule has 0 aliphatic carbocycles. The Labute approximate surface area is 125 Å². The van der Waals surface area contributed by atoms with E-state index in [2.05, 4.69) is 17.2 Å². The number of carbonyl (C=O) groups excluding carboxylic acids is 2. The molecule has 0 atom stereocenters. The van der Waals surface area contributed by atoms with Gasteiger partial charge in [0.05, 0.1) is 12.1 Å². The summed E-state index contributed by atoms with van der Waals surface area (Å²) >= 11 is 0. The van der Waals surface area contributed by atoms with E-state index in [1.54, 1.807) is 0 Å². The minimum atomic E-state index is -4.42. The van der Waals surface area contributed by atoms with Crippen molar-refractivity contribution in [2.45, 2.75) is 13.1 Å². The number of carbonyl (C=O) groups is 2. The van der Waals surface area contributed by atoms with Gasteiger partial charge in [-0.2, -0.15) is 13.2 Å². The number of rotatable bonds is 5. The van der Waals surface area contributed by atoms with Crippen LogP contribution in [0, 0.1) is 0 Å². The van der Waals surface area contributed by atoms with E-state index in [-0.39, 0.29) is 24.4 Å². The number of alkyl halides is 3. The molecule has 0 unspecified atom stereocenters. The Morgan fingerprint density at radius 1 is 1.23 bits per heavy atom. The number of benzene rings is 1. The molecular formula is C14H15F3N2O3. The van der Waals surface area contributed by atoms with Gasteiger partial charge in [-0.25, -0.2) is 9.59 Å². The Kier molecular flexibility index (Phi) is 5.97. The van der Waals surface area contributed by atoms with Crippen molar-refractivity contribution >= 4 is 17.7 Å². The summed E-state index contributed by atoms with van der Waals surface area (Å²) < 4.78 is 41.8. The molecule has 1 aromatic carbocycles. The standard InChI is InChI=1S/C14H15F3N2O3/c1-9(2)12(20)22-8-7-18-13(21)19-11-5-3-10(4-6-11)14(15,16)17/h3-6H,1,7-8H2,2H3,(H2,18,19,21). The van der Waals surface area contributed by atoms with Crippen LogP contribution in [0.4, 0.5) is 23.7 Å². The van der Waals surface area contributed by atoms with E-state index in [1.807, 2.05) is 0 Å². The topological polar surface area (TPSA) is 67.4 Å². The second-order valence-corrected chi connectivity index (χ2v) is 4.37. The van der Waals surface area contributed by atoms with Crippen molar-refractivity contribution in [2.24, 2.45) is 0 Å². The lowest BCUT2D eigenvalue weighted by Gasteiger charge is -2.10. The van der Waals surface area contributed by atoms with Crippen LogP contribution in [0.2, 0.25) is 0 Å². The van der Waals surface area contributed by atoms with Crippen LogP contribution in [0.5, 0.6) is 0 Å². The van der Waals surface area contributed by atoms with Crippen molar-refractivity contribution in [1.29, 1.82) is 0 Å². The third kappa shape index (κ3) is 5.86. The van der Waals surface area contributed by atoms with E-state index in [4.69, 9.17) is 4.74 Å². The highest BCUT2D eigenvalue weighted by Crippen LogP contribution is 2.29. The fourth-order valence-electron chi connectivity index (χ4n) is 1.35. The molecule has 0 aliphatic heterocycles. The Hall–Kier alpha value is -2.51. The normalized spacial score (nSPS) is 10.7. The second-order valence-electron chi connectivity index (χ2n) is 4.37. The van der Waals surface area contributed by atoms with E-state index in [0.29, 0.717) is 0 Å². The third-order valence-electron chi connectivity index (χ3n) is 2.44. The molecule has 120 valence electrons. The highest BCUT2D eigenvalue weighted by Gasteiger charge is 2.29. The van der Waals surface area contributed by atoms with Crippen LogP contribution in [0.15, 0.2) is 36.4 Å². The number of hydrogen-bond acceptors (Lipinski definition) is 3. The van der Waals surface area contributed by atoms with E-state index >= 15 is 0 Å². The van der Waals surface area contributed by atoms with Gasteiger partial charge in [-0.15, -0.1) is 0 Å². The number of urea groups is 1. The largest absolute Gasteiger partial charge is 0.460 e. The van der Waals surface area contributed by atoms with Crippen molar-refractivity contribution in [1.82, 2.24) is 5.32 Å². The van der Waals surface area contributed by atoms with Crippen molar-refractivity contribution in [2.75, 3.05) is 18.5 Å². The van der Waals surface area contributed by atoms with Gasteiger partial charge >= 0.3 is 18.2 Å². The number of amides is 2. The molecule has 8 heteroatoms. The maximum Gasteiger partial charge on any atom is 0.416 e. The van der Waals surface area contributed by atoms with Crippen molar-refractivity contribution in [3.8, 4) is 0 Å². The summed E-state index contributed by atoms with van der Waals surface area (Å²) in [5.41, 5.74) is -0.344. The van der Waals surface area contributed by atoms with Gasteiger partial charge in [-0.1, -0.05) is 6.58 Å². The molecule has 0 spiro atoms. The molecule has 0 bridgehead atoms.